The summed E-state index contributed by atoms with van der Waals surface area (Å²) >= 11 is 0. The minimum Gasteiger partial charge on any atom is -0.490 e. The van der Waals surface area contributed by atoms with E-state index in [4.69, 9.17) is 9.47 Å². The van der Waals surface area contributed by atoms with Gasteiger partial charge in [0.1, 0.15) is 11.6 Å². The zero-order valence-electron chi connectivity index (χ0n) is 21.2. The Kier molecular flexibility index (Phi) is 9.77. The summed E-state index contributed by atoms with van der Waals surface area (Å²) in [6, 6.07) is 11.0. The van der Waals surface area contributed by atoms with Gasteiger partial charge in [0.15, 0.2) is 18.1 Å². The van der Waals surface area contributed by atoms with Gasteiger partial charge in [-0.15, -0.1) is 0 Å². The third-order valence-electron chi connectivity index (χ3n) is 6.20. The summed E-state index contributed by atoms with van der Waals surface area (Å²) in [4.78, 5) is 25.0. The summed E-state index contributed by atoms with van der Waals surface area (Å²) in [7, 11) is 0. The smallest absolute Gasteiger partial charge is 0.416 e. The first-order valence-electron chi connectivity index (χ1n) is 12.4. The molecule has 0 bridgehead atoms. The number of halogens is 3. The Bertz CT molecular complexity index is 1220. The maximum absolute atomic E-state index is 12.9. The van der Waals surface area contributed by atoms with Crippen LogP contribution in [-0.4, -0.2) is 31.1 Å². The van der Waals surface area contributed by atoms with Gasteiger partial charge >= 0.3 is 6.18 Å². The second kappa shape index (κ2) is 13.0. The monoisotopic (exact) mass is 529 g/mol. The molecule has 10 heteroatoms. The molecule has 0 aromatic heterocycles. The highest BCUT2D eigenvalue weighted by Crippen LogP contribution is 2.31. The Morgan fingerprint density at radius 1 is 1.11 bits per heavy atom. The van der Waals surface area contributed by atoms with E-state index in [0.29, 0.717) is 11.5 Å². The number of alkyl halides is 3. The molecule has 0 radical (unpaired) electrons. The van der Waals surface area contributed by atoms with Crippen LogP contribution in [0.2, 0.25) is 0 Å². The summed E-state index contributed by atoms with van der Waals surface area (Å²) in [6.45, 7) is 3.65. The van der Waals surface area contributed by atoms with Gasteiger partial charge in [0, 0.05) is 11.7 Å². The molecule has 0 aliphatic heterocycles. The molecule has 1 aliphatic carbocycles. The summed E-state index contributed by atoms with van der Waals surface area (Å²) in [5, 5.41) is 14.9. The second-order valence-corrected chi connectivity index (χ2v) is 9.07. The number of hydrogen-bond acceptors (Lipinski definition) is 5. The van der Waals surface area contributed by atoms with Crippen molar-refractivity contribution in [3.8, 4) is 17.6 Å². The van der Waals surface area contributed by atoms with Crippen LogP contribution in [0.4, 0.5) is 18.9 Å². The van der Waals surface area contributed by atoms with Crippen LogP contribution in [-0.2, 0) is 15.8 Å². The lowest BCUT2D eigenvalue weighted by atomic mass is 9.86. The van der Waals surface area contributed by atoms with Crippen LogP contribution in [0.5, 0.6) is 11.5 Å². The van der Waals surface area contributed by atoms with Crippen molar-refractivity contribution in [2.75, 3.05) is 18.5 Å². The first-order valence-corrected chi connectivity index (χ1v) is 12.4. The molecule has 2 N–H and O–H groups in total. The molecule has 0 spiro atoms. The molecule has 2 atom stereocenters. The number of carbonyl (C=O) groups is 2. The fourth-order valence-corrected chi connectivity index (χ4v) is 4.21. The maximum Gasteiger partial charge on any atom is 0.416 e. The zero-order valence-corrected chi connectivity index (χ0v) is 21.2. The predicted molar refractivity (Wildman–Crippen MR) is 136 cm³/mol. The highest BCUT2D eigenvalue weighted by atomic mass is 19.4. The van der Waals surface area contributed by atoms with Crippen molar-refractivity contribution in [2.24, 2.45) is 5.92 Å². The molecule has 2 aromatic rings. The number of nitrogens with one attached hydrogen (secondary N) is 2. The first kappa shape index (κ1) is 28.6. The van der Waals surface area contributed by atoms with Crippen LogP contribution in [0.15, 0.2) is 48.0 Å². The highest BCUT2D eigenvalue weighted by Gasteiger charge is 2.30. The molecule has 1 saturated carbocycles. The molecule has 2 amide bonds. The normalized spacial score (nSPS) is 17.7. The van der Waals surface area contributed by atoms with Gasteiger partial charge in [0.2, 0.25) is 0 Å². The molecule has 1 fully saturated rings. The third kappa shape index (κ3) is 8.00. The van der Waals surface area contributed by atoms with Gasteiger partial charge < -0.3 is 20.1 Å². The second-order valence-electron chi connectivity index (χ2n) is 9.07. The topological polar surface area (TPSA) is 100 Å². The number of anilines is 1. The number of benzene rings is 2. The van der Waals surface area contributed by atoms with E-state index in [1.807, 2.05) is 6.07 Å². The van der Waals surface area contributed by atoms with Crippen molar-refractivity contribution in [2.45, 2.75) is 51.7 Å². The summed E-state index contributed by atoms with van der Waals surface area (Å²) in [5.74, 6) is -0.236. The SMILES string of the molecule is CCOc1cc(/C=C(\C#N)C(=O)N[C@@H]2CCCC[C@H]2C)ccc1OCC(=O)Nc1cccc(C(F)(F)F)c1. The Morgan fingerprint density at radius 2 is 1.87 bits per heavy atom. The van der Waals surface area contributed by atoms with E-state index in [2.05, 4.69) is 17.6 Å². The Labute approximate surface area is 219 Å². The third-order valence-corrected chi connectivity index (χ3v) is 6.20. The molecule has 202 valence electrons. The van der Waals surface area contributed by atoms with Crippen molar-refractivity contribution in [3.05, 3.63) is 59.2 Å². The number of ether oxygens (including phenoxy) is 2. The van der Waals surface area contributed by atoms with Crippen molar-refractivity contribution in [1.82, 2.24) is 5.32 Å². The molecule has 2 aromatic carbocycles. The maximum atomic E-state index is 12.9. The summed E-state index contributed by atoms with van der Waals surface area (Å²) in [5.41, 5.74) is -0.405. The van der Waals surface area contributed by atoms with Crippen LogP contribution >= 0.6 is 0 Å². The number of carbonyl (C=O) groups excluding carboxylic acids is 2. The Morgan fingerprint density at radius 3 is 2.55 bits per heavy atom. The lowest BCUT2D eigenvalue weighted by molar-refractivity contribution is -0.137. The average Bonchev–Trinajstić information content (AvgIpc) is 2.88. The van der Waals surface area contributed by atoms with Gasteiger partial charge in [-0.25, -0.2) is 0 Å². The predicted octanol–water partition coefficient (Wildman–Crippen LogP) is 5.72. The molecule has 0 saturated heterocycles. The molecule has 0 heterocycles. The molecule has 1 aliphatic rings. The van der Waals surface area contributed by atoms with Crippen molar-refractivity contribution in [3.63, 3.8) is 0 Å². The zero-order chi connectivity index (χ0) is 27.7. The minimum atomic E-state index is -4.53. The van der Waals surface area contributed by atoms with Crippen LogP contribution in [0.3, 0.4) is 0 Å². The fourth-order valence-electron chi connectivity index (χ4n) is 4.21. The van der Waals surface area contributed by atoms with E-state index >= 15 is 0 Å². The summed E-state index contributed by atoms with van der Waals surface area (Å²) < 4.78 is 49.8. The first-order chi connectivity index (χ1) is 18.1. The van der Waals surface area contributed by atoms with Crippen molar-refractivity contribution in [1.29, 1.82) is 5.26 Å². The average molecular weight is 530 g/mol. The van der Waals surface area contributed by atoms with E-state index in [9.17, 15) is 28.0 Å². The van der Waals surface area contributed by atoms with Crippen LogP contribution in [0, 0.1) is 17.2 Å². The molecule has 3 rings (SSSR count). The van der Waals surface area contributed by atoms with Gasteiger partial charge in [-0.2, -0.15) is 18.4 Å². The lowest BCUT2D eigenvalue weighted by Crippen LogP contribution is -2.41. The number of nitriles is 1. The minimum absolute atomic E-state index is 0.0103. The fraction of sp³-hybridized carbons (Fsp3) is 0.393. The molecule has 38 heavy (non-hydrogen) atoms. The van der Waals surface area contributed by atoms with Gasteiger partial charge in [-0.3, -0.25) is 9.59 Å². The van der Waals surface area contributed by atoms with Gasteiger partial charge in [-0.1, -0.05) is 31.9 Å². The number of hydrogen-bond donors (Lipinski definition) is 2. The number of nitrogens with zero attached hydrogens (tertiary/aromatic N) is 1. The van der Waals surface area contributed by atoms with E-state index in [0.717, 1.165) is 37.8 Å². The molecule has 0 unspecified atom stereocenters. The molecular formula is C28H30F3N3O4. The van der Waals surface area contributed by atoms with Gasteiger partial charge in [0.25, 0.3) is 11.8 Å². The van der Waals surface area contributed by atoms with Crippen LogP contribution in [0.1, 0.15) is 50.7 Å². The number of rotatable bonds is 9. The molecule has 7 nitrogen and oxygen atoms in total. The van der Waals surface area contributed by atoms with Crippen molar-refractivity contribution < 1.29 is 32.2 Å². The van der Waals surface area contributed by atoms with E-state index in [1.54, 1.807) is 19.1 Å². The number of amides is 2. The quantitative estimate of drug-likeness (QED) is 0.320. The van der Waals surface area contributed by atoms with Crippen molar-refractivity contribution >= 4 is 23.6 Å². The van der Waals surface area contributed by atoms with Gasteiger partial charge in [-0.05, 0) is 67.7 Å². The van der Waals surface area contributed by atoms with Crippen LogP contribution in [0.25, 0.3) is 6.08 Å². The van der Waals surface area contributed by atoms with E-state index in [-0.39, 0.29) is 35.4 Å². The van der Waals surface area contributed by atoms with E-state index in [1.165, 1.54) is 24.3 Å². The highest BCUT2D eigenvalue weighted by molar-refractivity contribution is 6.02. The van der Waals surface area contributed by atoms with E-state index < -0.39 is 30.2 Å². The van der Waals surface area contributed by atoms with Crippen LogP contribution < -0.4 is 20.1 Å². The largest absolute Gasteiger partial charge is 0.490 e. The standard InChI is InChI=1S/C28H30F3N3O4/c1-3-37-25-14-19(13-20(16-32)27(36)34-23-10-5-4-7-18(23)2)11-12-24(25)38-17-26(35)33-22-9-6-8-21(15-22)28(29,30)31/h6,8-9,11-15,18,23H,3-5,7,10,17H2,1-2H3,(H,33,35)(H,34,36)/b20-13+/t18-,23-/m1/s1. The lowest BCUT2D eigenvalue weighted by Gasteiger charge is -2.29. The van der Waals surface area contributed by atoms with Gasteiger partial charge in [0.05, 0.1) is 12.2 Å². The Hall–Kier alpha value is -4.00. The summed E-state index contributed by atoms with van der Waals surface area (Å²) in [6.07, 6.45) is 1.02. The Balaban J connectivity index is 1.67. The molecular weight excluding hydrogens is 499 g/mol.